The predicted octanol–water partition coefficient (Wildman–Crippen LogP) is 7.71. The first-order valence-corrected chi connectivity index (χ1v) is 18.5. The standard InChI is InChI=1S/C42H46P.BrH/c1-2-3-7-14-34-21-25-36(26-22-34)38-29-31-39(32-30-38)37-27-23-35(24-28-37)33-43(40-15-8-4-9-16-40,41-17-10-5-11-18-41)42-19-12-6-13-20-42;/h4-6,8-13,15-20,23-24,27-32,34,36H,2-3,7,14,21-22,25-26,33H2,1H3;1H/q+1;/p-1. The van der Waals surface area contributed by atoms with Crippen LogP contribution in [-0.2, 0) is 6.16 Å². The van der Waals surface area contributed by atoms with Gasteiger partial charge in [0.25, 0.3) is 0 Å². The van der Waals surface area contributed by atoms with Crippen molar-refractivity contribution in [1.29, 1.82) is 0 Å². The second kappa shape index (κ2) is 15.8. The molecule has 0 radical (unpaired) electrons. The maximum absolute atomic E-state index is 2.40. The van der Waals surface area contributed by atoms with Crippen LogP contribution < -0.4 is 32.9 Å². The van der Waals surface area contributed by atoms with Gasteiger partial charge >= 0.3 is 0 Å². The Balaban J connectivity index is 0.00000384. The molecule has 6 rings (SSSR count). The normalized spacial score (nSPS) is 16.7. The molecule has 0 spiro atoms. The SMILES string of the molecule is CCCCCC1CCC(c2ccc(-c3ccc(C[P+](c4ccccc4)(c4ccccc4)c4ccccc4)cc3)cc2)CC1.[Br-]. The Morgan fingerprint density at radius 1 is 0.523 bits per heavy atom. The van der Waals surface area contributed by atoms with Gasteiger partial charge in [-0.25, -0.2) is 0 Å². The average molecular weight is 662 g/mol. The van der Waals surface area contributed by atoms with Crippen LogP contribution in [0.3, 0.4) is 0 Å². The van der Waals surface area contributed by atoms with E-state index in [1.807, 2.05) is 0 Å². The summed E-state index contributed by atoms with van der Waals surface area (Å²) in [5.41, 5.74) is 5.55. The van der Waals surface area contributed by atoms with Crippen LogP contribution in [0.25, 0.3) is 11.1 Å². The molecule has 1 aliphatic rings. The van der Waals surface area contributed by atoms with Gasteiger partial charge in [0.2, 0.25) is 0 Å². The van der Waals surface area contributed by atoms with E-state index in [0.717, 1.165) is 18.0 Å². The highest BCUT2D eigenvalue weighted by molar-refractivity contribution is 7.95. The smallest absolute Gasteiger partial charge is 0.116 e. The summed E-state index contributed by atoms with van der Waals surface area (Å²) in [6, 6.07) is 52.5. The van der Waals surface area contributed by atoms with Gasteiger partial charge in [-0.2, -0.15) is 0 Å². The zero-order chi connectivity index (χ0) is 29.3. The van der Waals surface area contributed by atoms with Gasteiger partial charge in [-0.1, -0.05) is 136 Å². The van der Waals surface area contributed by atoms with Crippen molar-refractivity contribution in [2.75, 3.05) is 0 Å². The van der Waals surface area contributed by atoms with Crippen LogP contribution in [0.15, 0.2) is 140 Å². The summed E-state index contributed by atoms with van der Waals surface area (Å²) in [6.07, 6.45) is 12.2. The highest BCUT2D eigenvalue weighted by Crippen LogP contribution is 2.58. The summed E-state index contributed by atoms with van der Waals surface area (Å²) < 4.78 is 0. The summed E-state index contributed by atoms with van der Waals surface area (Å²) in [4.78, 5) is 0. The fourth-order valence-electron chi connectivity index (χ4n) is 7.26. The molecular formula is C42H46BrP. The molecule has 0 amide bonds. The topological polar surface area (TPSA) is 0 Å². The van der Waals surface area contributed by atoms with Crippen LogP contribution >= 0.6 is 7.26 Å². The van der Waals surface area contributed by atoms with Crippen molar-refractivity contribution < 1.29 is 17.0 Å². The van der Waals surface area contributed by atoms with Gasteiger partial charge in [0, 0.05) is 0 Å². The van der Waals surface area contributed by atoms with E-state index in [4.69, 9.17) is 0 Å². The highest BCUT2D eigenvalue weighted by Gasteiger charge is 2.45. The number of hydrogen-bond donors (Lipinski definition) is 0. The molecule has 2 heteroatoms. The molecule has 0 aromatic heterocycles. The summed E-state index contributed by atoms with van der Waals surface area (Å²) >= 11 is 0. The predicted molar refractivity (Wildman–Crippen MR) is 190 cm³/mol. The van der Waals surface area contributed by atoms with Crippen LogP contribution in [0.4, 0.5) is 0 Å². The number of hydrogen-bond acceptors (Lipinski definition) is 0. The van der Waals surface area contributed by atoms with Crippen molar-refractivity contribution in [2.45, 2.75) is 70.4 Å². The maximum Gasteiger partial charge on any atom is 0.116 e. The van der Waals surface area contributed by atoms with Crippen molar-refractivity contribution in [1.82, 2.24) is 0 Å². The highest BCUT2D eigenvalue weighted by atomic mass is 79.9. The van der Waals surface area contributed by atoms with E-state index in [0.29, 0.717) is 0 Å². The Bertz CT molecular complexity index is 1420. The first kappa shape index (κ1) is 32.4. The average Bonchev–Trinajstić information content (AvgIpc) is 3.09. The van der Waals surface area contributed by atoms with E-state index < -0.39 is 7.26 Å². The lowest BCUT2D eigenvalue weighted by atomic mass is 9.77. The minimum absolute atomic E-state index is 0. The van der Waals surface area contributed by atoms with Crippen LogP contribution in [0.5, 0.6) is 0 Å². The van der Waals surface area contributed by atoms with E-state index in [-0.39, 0.29) is 17.0 Å². The Morgan fingerprint density at radius 2 is 0.977 bits per heavy atom. The van der Waals surface area contributed by atoms with E-state index in [9.17, 15) is 0 Å². The summed E-state index contributed by atoms with van der Waals surface area (Å²) in [5.74, 6) is 1.71. The third-order valence-corrected chi connectivity index (χ3v) is 14.1. The van der Waals surface area contributed by atoms with E-state index >= 15 is 0 Å². The second-order valence-electron chi connectivity index (χ2n) is 12.5. The van der Waals surface area contributed by atoms with Crippen LogP contribution in [0.2, 0.25) is 0 Å². The summed E-state index contributed by atoms with van der Waals surface area (Å²) in [7, 11) is -1.90. The van der Waals surface area contributed by atoms with Gasteiger partial charge in [0.1, 0.15) is 23.2 Å². The molecule has 0 unspecified atom stereocenters. The fraction of sp³-hybridized carbons (Fsp3) is 0.286. The third kappa shape index (κ3) is 7.44. The monoisotopic (exact) mass is 660 g/mol. The minimum Gasteiger partial charge on any atom is -1.00 e. The largest absolute Gasteiger partial charge is 1.00 e. The van der Waals surface area contributed by atoms with Crippen LogP contribution in [0, 0.1) is 5.92 Å². The van der Waals surface area contributed by atoms with Gasteiger partial charge in [-0.15, -0.1) is 0 Å². The van der Waals surface area contributed by atoms with Crippen molar-refractivity contribution in [3.63, 3.8) is 0 Å². The molecule has 5 aromatic carbocycles. The van der Waals surface area contributed by atoms with E-state index in [1.165, 1.54) is 89.5 Å². The molecule has 0 bridgehead atoms. The lowest BCUT2D eigenvalue weighted by Gasteiger charge is -2.29. The molecule has 0 N–H and O–H groups in total. The first-order chi connectivity index (χ1) is 21.3. The van der Waals surface area contributed by atoms with E-state index in [2.05, 4.69) is 146 Å². The second-order valence-corrected chi connectivity index (χ2v) is 16.0. The van der Waals surface area contributed by atoms with Gasteiger partial charge in [0.05, 0.1) is 6.16 Å². The molecule has 0 atom stereocenters. The number of unbranched alkanes of at least 4 members (excludes halogenated alkanes) is 2. The molecule has 1 saturated carbocycles. The van der Waals surface area contributed by atoms with Crippen molar-refractivity contribution >= 4 is 23.2 Å². The molecule has 0 aliphatic heterocycles. The molecule has 5 aromatic rings. The summed E-state index contributed by atoms with van der Waals surface area (Å²) in [6.45, 7) is 2.31. The van der Waals surface area contributed by atoms with E-state index in [1.54, 1.807) is 0 Å². The Morgan fingerprint density at radius 3 is 1.43 bits per heavy atom. The van der Waals surface area contributed by atoms with Crippen molar-refractivity contribution in [3.8, 4) is 11.1 Å². The Hall–Kier alpha value is -2.99. The van der Waals surface area contributed by atoms with Crippen molar-refractivity contribution in [3.05, 3.63) is 151 Å². The molecule has 0 nitrogen and oxygen atoms in total. The van der Waals surface area contributed by atoms with Gasteiger partial charge < -0.3 is 17.0 Å². The zero-order valence-corrected chi connectivity index (χ0v) is 28.6. The number of halogens is 1. The lowest BCUT2D eigenvalue weighted by Crippen LogP contribution is -3.00. The molecule has 0 heterocycles. The quantitative estimate of drug-likeness (QED) is 0.101. The van der Waals surface area contributed by atoms with Gasteiger partial charge in [0.15, 0.2) is 0 Å². The maximum atomic E-state index is 2.40. The summed E-state index contributed by atoms with van der Waals surface area (Å²) in [5, 5.41) is 4.30. The minimum atomic E-state index is -1.90. The lowest BCUT2D eigenvalue weighted by molar-refractivity contribution is -0.00000854. The first-order valence-electron chi connectivity index (χ1n) is 16.5. The Labute approximate surface area is 277 Å². The fourth-order valence-corrected chi connectivity index (χ4v) is 11.5. The molecular weight excluding hydrogens is 615 g/mol. The molecule has 44 heavy (non-hydrogen) atoms. The van der Waals surface area contributed by atoms with Gasteiger partial charge in [-0.05, 0) is 96.2 Å². The molecule has 1 aliphatic carbocycles. The van der Waals surface area contributed by atoms with Crippen molar-refractivity contribution in [2.24, 2.45) is 5.92 Å². The van der Waals surface area contributed by atoms with Crippen LogP contribution in [-0.4, -0.2) is 0 Å². The van der Waals surface area contributed by atoms with Crippen LogP contribution in [0.1, 0.15) is 75.3 Å². The molecule has 1 fully saturated rings. The van der Waals surface area contributed by atoms with Gasteiger partial charge in [-0.3, -0.25) is 0 Å². The Kier molecular flexibility index (Phi) is 11.7. The third-order valence-electron chi connectivity index (χ3n) is 9.74. The molecule has 0 saturated heterocycles. The molecule has 226 valence electrons. The number of rotatable bonds is 11. The number of benzene rings is 5. The zero-order valence-electron chi connectivity index (χ0n) is 26.1.